The molecule has 2 atom stereocenters. The highest BCUT2D eigenvalue weighted by Gasteiger charge is 2.31. The molecule has 0 saturated heterocycles. The Balaban J connectivity index is 1.95. The Labute approximate surface area is 232 Å². The minimum absolute atomic E-state index is 0.218. The van der Waals surface area contributed by atoms with E-state index in [0.717, 1.165) is 5.56 Å². The van der Waals surface area contributed by atoms with E-state index in [2.05, 4.69) is 21.5 Å². The van der Waals surface area contributed by atoms with Gasteiger partial charge >= 0.3 is 12.1 Å². The number of hydrogen-bond donors (Lipinski definition) is 2. The molecule has 1 amide bonds. The van der Waals surface area contributed by atoms with Crippen molar-refractivity contribution in [3.63, 3.8) is 0 Å². The van der Waals surface area contributed by atoms with Crippen LogP contribution in [0.1, 0.15) is 79.0 Å². The van der Waals surface area contributed by atoms with Crippen molar-refractivity contribution in [1.29, 1.82) is 5.26 Å². The predicted molar refractivity (Wildman–Crippen MR) is 145 cm³/mol. The molecule has 2 heterocycles. The molecule has 1 aromatic carbocycles. The molecule has 40 heavy (non-hydrogen) atoms. The summed E-state index contributed by atoms with van der Waals surface area (Å²) in [6, 6.07) is 9.31. The van der Waals surface area contributed by atoms with Crippen LogP contribution >= 0.6 is 0 Å². The van der Waals surface area contributed by atoms with Crippen LogP contribution in [0.15, 0.2) is 41.5 Å². The molecule has 2 unspecified atom stereocenters. The van der Waals surface area contributed by atoms with Gasteiger partial charge in [0.2, 0.25) is 5.75 Å². The Morgan fingerprint density at radius 2 is 1.95 bits per heavy atom. The molecule has 0 saturated carbocycles. The first-order valence-corrected chi connectivity index (χ1v) is 12.7. The van der Waals surface area contributed by atoms with Crippen molar-refractivity contribution in [2.24, 2.45) is 7.05 Å². The highest BCUT2D eigenvalue weighted by atomic mass is 16.6. The zero-order valence-corrected chi connectivity index (χ0v) is 23.5. The first-order valence-electron chi connectivity index (χ1n) is 12.7. The minimum Gasteiger partial charge on any atom is -0.489 e. The van der Waals surface area contributed by atoms with Gasteiger partial charge in [0.05, 0.1) is 24.9 Å². The Morgan fingerprint density at radius 1 is 1.25 bits per heavy atom. The Kier molecular flexibility index (Phi) is 9.31. The van der Waals surface area contributed by atoms with Crippen molar-refractivity contribution in [3.05, 3.63) is 75.2 Å². The number of aromatic nitrogens is 4. The summed E-state index contributed by atoms with van der Waals surface area (Å²) in [6.07, 6.45) is 3.61. The maximum atomic E-state index is 13.0. The van der Waals surface area contributed by atoms with E-state index in [1.54, 1.807) is 43.8 Å². The Bertz CT molecular complexity index is 1480. The summed E-state index contributed by atoms with van der Waals surface area (Å²) in [5.74, 6) is -2.55. The molecular formula is C28H34N6O6. The lowest BCUT2D eigenvalue weighted by Crippen LogP contribution is -2.33. The van der Waals surface area contributed by atoms with Gasteiger partial charge in [0.1, 0.15) is 11.4 Å². The number of carboxylic acid groups (broad SMARTS) is 1. The number of methoxy groups -OCH3 is 1. The van der Waals surface area contributed by atoms with Crippen LogP contribution in [0.3, 0.4) is 0 Å². The van der Waals surface area contributed by atoms with Gasteiger partial charge in [-0.15, -0.1) is 0 Å². The number of rotatable bonds is 10. The highest BCUT2D eigenvalue weighted by Crippen LogP contribution is 2.39. The number of aromatic carboxylic acids is 1. The van der Waals surface area contributed by atoms with Gasteiger partial charge in [-0.05, 0) is 44.4 Å². The number of carboxylic acids is 1. The lowest BCUT2D eigenvalue weighted by molar-refractivity contribution is 0.0525. The average Bonchev–Trinajstić information content (AvgIpc) is 3.35. The quantitative estimate of drug-likeness (QED) is 0.360. The van der Waals surface area contributed by atoms with Crippen LogP contribution < -0.4 is 15.6 Å². The molecule has 2 N–H and O–H groups in total. The molecule has 0 aliphatic carbocycles. The average molecular weight is 551 g/mol. The summed E-state index contributed by atoms with van der Waals surface area (Å²) in [7, 11) is 2.72. The number of carbonyl (C=O) groups excluding carboxylic acids is 1. The second kappa shape index (κ2) is 12.5. The van der Waals surface area contributed by atoms with Crippen molar-refractivity contribution < 1.29 is 24.2 Å². The first-order chi connectivity index (χ1) is 18.9. The van der Waals surface area contributed by atoms with E-state index in [0.29, 0.717) is 30.6 Å². The molecule has 0 aliphatic rings. The molecular weight excluding hydrogens is 516 g/mol. The van der Waals surface area contributed by atoms with E-state index in [1.807, 2.05) is 25.3 Å². The fraction of sp³-hybridized carbons (Fsp3) is 0.429. The largest absolute Gasteiger partial charge is 0.489 e. The lowest BCUT2D eigenvalue weighted by Gasteiger charge is -2.26. The number of carbonyl (C=O) groups is 2. The molecule has 3 aromatic rings. The maximum absolute atomic E-state index is 13.0. The van der Waals surface area contributed by atoms with Crippen LogP contribution in [0.2, 0.25) is 0 Å². The van der Waals surface area contributed by atoms with Gasteiger partial charge in [0, 0.05) is 38.2 Å². The first kappa shape index (κ1) is 29.9. The van der Waals surface area contributed by atoms with Crippen LogP contribution in [0, 0.1) is 11.3 Å². The Hall–Kier alpha value is -4.66. The number of nitriles is 1. The standard InChI is InChI=1S/C28H34N6O6/c1-17(24-32-22(26(36)37)23(39-6)25(35)33(24)5)21(20-11-8-7-10-18(20)14-29)19-15-31-34(16-19)13-9-12-30-27(38)40-28(2,3)4/h7-8,10-11,15-17,21H,9,12-13H2,1-6H3,(H,30,38)(H,36,37). The Morgan fingerprint density at radius 3 is 2.58 bits per heavy atom. The monoisotopic (exact) mass is 550 g/mol. The topological polar surface area (TPSA) is 161 Å². The number of benzene rings is 1. The number of amides is 1. The van der Waals surface area contributed by atoms with Crippen LogP contribution in [0.5, 0.6) is 5.75 Å². The molecule has 3 rings (SSSR count). The maximum Gasteiger partial charge on any atom is 0.407 e. The van der Waals surface area contributed by atoms with Crippen molar-refractivity contribution >= 4 is 12.1 Å². The van der Waals surface area contributed by atoms with Crippen LogP contribution in [0.25, 0.3) is 0 Å². The molecule has 0 spiro atoms. The summed E-state index contributed by atoms with van der Waals surface area (Å²) >= 11 is 0. The zero-order valence-electron chi connectivity index (χ0n) is 23.5. The van der Waals surface area contributed by atoms with E-state index in [4.69, 9.17) is 9.47 Å². The molecule has 2 aromatic heterocycles. The van der Waals surface area contributed by atoms with Crippen molar-refractivity contribution in [3.8, 4) is 11.8 Å². The number of hydrogen-bond acceptors (Lipinski definition) is 8. The second-order valence-electron chi connectivity index (χ2n) is 10.3. The zero-order chi connectivity index (χ0) is 29.6. The number of nitrogens with zero attached hydrogens (tertiary/aromatic N) is 5. The van der Waals surface area contributed by atoms with Gasteiger partial charge in [-0.25, -0.2) is 14.6 Å². The smallest absolute Gasteiger partial charge is 0.407 e. The predicted octanol–water partition coefficient (Wildman–Crippen LogP) is 3.41. The van der Waals surface area contributed by atoms with E-state index in [-0.39, 0.29) is 11.6 Å². The van der Waals surface area contributed by atoms with Crippen molar-refractivity contribution in [2.75, 3.05) is 13.7 Å². The summed E-state index contributed by atoms with van der Waals surface area (Å²) in [5.41, 5.74) is 0.179. The fourth-order valence-corrected chi connectivity index (χ4v) is 4.50. The van der Waals surface area contributed by atoms with Crippen LogP contribution in [-0.4, -0.2) is 55.8 Å². The van der Waals surface area contributed by atoms with Crippen molar-refractivity contribution in [1.82, 2.24) is 24.6 Å². The van der Waals surface area contributed by atoms with E-state index in [1.165, 1.54) is 18.7 Å². The van der Waals surface area contributed by atoms with Gasteiger partial charge in [-0.3, -0.25) is 14.0 Å². The number of alkyl carbamates (subject to hydrolysis) is 1. The van der Waals surface area contributed by atoms with Gasteiger partial charge in [0.15, 0.2) is 5.69 Å². The normalized spacial score (nSPS) is 12.7. The number of ether oxygens (including phenoxy) is 2. The molecule has 0 bridgehead atoms. The third-order valence-electron chi connectivity index (χ3n) is 6.26. The second-order valence-corrected chi connectivity index (χ2v) is 10.3. The lowest BCUT2D eigenvalue weighted by atomic mass is 9.80. The summed E-state index contributed by atoms with van der Waals surface area (Å²) in [4.78, 5) is 41.1. The third kappa shape index (κ3) is 6.85. The van der Waals surface area contributed by atoms with Gasteiger partial charge < -0.3 is 19.9 Å². The molecule has 0 aliphatic heterocycles. The molecule has 0 radical (unpaired) electrons. The SMILES string of the molecule is COc1c(C(=O)O)nc(C(C)C(c2cnn(CCCNC(=O)OC(C)(C)C)c2)c2ccccc2C#N)n(C)c1=O. The molecule has 212 valence electrons. The van der Waals surface area contributed by atoms with Crippen LogP contribution in [-0.2, 0) is 18.3 Å². The van der Waals surface area contributed by atoms with Gasteiger partial charge in [-0.2, -0.15) is 10.4 Å². The number of nitrogens with one attached hydrogen (secondary N) is 1. The van der Waals surface area contributed by atoms with Crippen molar-refractivity contribution in [2.45, 2.75) is 58.1 Å². The fourth-order valence-electron chi connectivity index (χ4n) is 4.50. The summed E-state index contributed by atoms with van der Waals surface area (Å²) in [5, 5.41) is 26.7. The molecule has 12 nitrogen and oxygen atoms in total. The molecule has 0 fully saturated rings. The van der Waals surface area contributed by atoms with Gasteiger partial charge in [0.25, 0.3) is 5.56 Å². The van der Waals surface area contributed by atoms with Crippen LogP contribution in [0.4, 0.5) is 4.79 Å². The van der Waals surface area contributed by atoms with Gasteiger partial charge in [-0.1, -0.05) is 25.1 Å². The van der Waals surface area contributed by atoms with E-state index >= 15 is 0 Å². The number of aryl methyl sites for hydroxylation is 1. The highest BCUT2D eigenvalue weighted by molar-refractivity contribution is 5.88. The van der Waals surface area contributed by atoms with E-state index < -0.39 is 40.8 Å². The minimum atomic E-state index is -1.38. The summed E-state index contributed by atoms with van der Waals surface area (Å²) in [6.45, 7) is 8.08. The summed E-state index contributed by atoms with van der Waals surface area (Å²) < 4.78 is 13.3. The van der Waals surface area contributed by atoms with E-state index in [9.17, 15) is 24.8 Å². The third-order valence-corrected chi connectivity index (χ3v) is 6.26. The molecule has 12 heteroatoms.